The molecular formula is C17H14IN3O3. The first kappa shape index (κ1) is 16.3. The summed E-state index contributed by atoms with van der Waals surface area (Å²) in [5.41, 5.74) is 1.88. The fourth-order valence-corrected chi connectivity index (χ4v) is 2.71. The summed E-state index contributed by atoms with van der Waals surface area (Å²) in [4.78, 5) is 24.0. The van der Waals surface area contributed by atoms with Crippen LogP contribution in [0.25, 0.3) is 0 Å². The molecule has 0 bridgehead atoms. The van der Waals surface area contributed by atoms with Crippen LogP contribution in [0.3, 0.4) is 0 Å². The van der Waals surface area contributed by atoms with E-state index < -0.39 is 23.7 Å². The summed E-state index contributed by atoms with van der Waals surface area (Å²) in [6, 6.07) is 13.3. The Labute approximate surface area is 152 Å². The summed E-state index contributed by atoms with van der Waals surface area (Å²) in [5, 5.41) is 17.9. The van der Waals surface area contributed by atoms with Crippen LogP contribution in [0.1, 0.15) is 11.6 Å². The van der Waals surface area contributed by atoms with Crippen LogP contribution in [0, 0.1) is 3.57 Å². The summed E-state index contributed by atoms with van der Waals surface area (Å²) in [6.07, 6.45) is 1.31. The molecule has 3 rings (SSSR count). The van der Waals surface area contributed by atoms with Gasteiger partial charge < -0.3 is 21.1 Å². The maximum Gasteiger partial charge on any atom is 0.319 e. The Morgan fingerprint density at radius 3 is 2.58 bits per heavy atom. The molecule has 0 spiro atoms. The molecule has 0 saturated heterocycles. The average molecular weight is 435 g/mol. The summed E-state index contributed by atoms with van der Waals surface area (Å²) < 4.78 is 1.06. The topological polar surface area (TPSA) is 90.5 Å². The van der Waals surface area contributed by atoms with Crippen molar-refractivity contribution in [3.63, 3.8) is 0 Å². The van der Waals surface area contributed by atoms with Gasteiger partial charge in [-0.25, -0.2) is 4.79 Å². The molecule has 4 N–H and O–H groups in total. The van der Waals surface area contributed by atoms with E-state index in [4.69, 9.17) is 0 Å². The monoisotopic (exact) mass is 435 g/mol. The van der Waals surface area contributed by atoms with Crippen molar-refractivity contribution in [2.75, 3.05) is 10.6 Å². The smallest absolute Gasteiger partial charge is 0.319 e. The molecule has 0 radical (unpaired) electrons. The van der Waals surface area contributed by atoms with Gasteiger partial charge in [-0.2, -0.15) is 0 Å². The Balaban J connectivity index is 1.81. The number of hydrogen-bond donors (Lipinski definition) is 4. The number of fused-ring (bicyclic) bond motifs is 1. The van der Waals surface area contributed by atoms with E-state index in [0.717, 1.165) is 3.57 Å². The molecule has 1 heterocycles. The highest BCUT2D eigenvalue weighted by molar-refractivity contribution is 14.1. The van der Waals surface area contributed by atoms with Gasteiger partial charge in [-0.05, 0) is 59.0 Å². The quantitative estimate of drug-likeness (QED) is 0.544. The number of aliphatic hydroxyl groups excluding tert-OH is 1. The molecule has 0 aromatic heterocycles. The highest BCUT2D eigenvalue weighted by Gasteiger charge is 2.23. The highest BCUT2D eigenvalue weighted by Crippen LogP contribution is 2.27. The van der Waals surface area contributed by atoms with Gasteiger partial charge in [0.1, 0.15) is 0 Å². The number of halogens is 1. The molecule has 1 aliphatic rings. The lowest BCUT2D eigenvalue weighted by Gasteiger charge is -2.17. The number of para-hydroxylation sites is 1. The van der Waals surface area contributed by atoms with Crippen LogP contribution in [-0.4, -0.2) is 17.0 Å². The van der Waals surface area contributed by atoms with E-state index in [2.05, 4.69) is 38.5 Å². The van der Waals surface area contributed by atoms with Crippen LogP contribution in [0.15, 0.2) is 60.4 Å². The summed E-state index contributed by atoms with van der Waals surface area (Å²) in [6.45, 7) is 0. The Hall–Kier alpha value is -2.55. The minimum Gasteiger partial charge on any atom is -0.503 e. The van der Waals surface area contributed by atoms with Crippen LogP contribution in [0.2, 0.25) is 0 Å². The number of benzene rings is 2. The van der Waals surface area contributed by atoms with Crippen molar-refractivity contribution in [2.24, 2.45) is 0 Å². The molecule has 7 heteroatoms. The van der Waals surface area contributed by atoms with Crippen LogP contribution in [-0.2, 0) is 4.79 Å². The summed E-state index contributed by atoms with van der Waals surface area (Å²) in [7, 11) is 0. The fraction of sp³-hybridized carbons (Fsp3) is 0.0588. The summed E-state index contributed by atoms with van der Waals surface area (Å²) in [5.74, 6) is -1.05. The number of nitrogens with one attached hydrogen (secondary N) is 3. The standard InChI is InChI=1S/C17H14IN3O3/c18-10-5-7-11(8-6-10)19-17(24)21-14-9-15(22)16(23)20-13-4-2-1-3-12(13)14/h1-9,14,22H,(H,20,23)(H2,19,21,24). The van der Waals surface area contributed by atoms with Crippen molar-refractivity contribution in [3.05, 3.63) is 69.5 Å². The molecule has 3 amide bonds. The van der Waals surface area contributed by atoms with Gasteiger partial charge in [0.15, 0.2) is 5.76 Å². The lowest BCUT2D eigenvalue weighted by molar-refractivity contribution is -0.115. The van der Waals surface area contributed by atoms with Gasteiger partial charge in [-0.3, -0.25) is 4.79 Å². The highest BCUT2D eigenvalue weighted by atomic mass is 127. The molecule has 122 valence electrons. The molecule has 1 atom stereocenters. The third-order valence-corrected chi connectivity index (χ3v) is 4.21. The van der Waals surface area contributed by atoms with Crippen molar-refractivity contribution in [2.45, 2.75) is 6.04 Å². The number of aliphatic hydroxyl groups is 1. The number of amides is 3. The van der Waals surface area contributed by atoms with Crippen molar-refractivity contribution in [1.82, 2.24) is 5.32 Å². The number of carbonyl (C=O) groups is 2. The maximum atomic E-state index is 12.2. The third-order valence-electron chi connectivity index (χ3n) is 3.49. The average Bonchev–Trinajstić information content (AvgIpc) is 2.67. The molecule has 2 aromatic rings. The number of rotatable bonds is 2. The van der Waals surface area contributed by atoms with Crippen molar-refractivity contribution in [1.29, 1.82) is 0 Å². The van der Waals surface area contributed by atoms with Crippen LogP contribution < -0.4 is 16.0 Å². The van der Waals surface area contributed by atoms with Crippen molar-refractivity contribution >= 4 is 45.9 Å². The zero-order chi connectivity index (χ0) is 17.1. The number of hydrogen-bond acceptors (Lipinski definition) is 3. The molecule has 1 unspecified atom stereocenters. The molecule has 0 fully saturated rings. The van der Waals surface area contributed by atoms with E-state index in [1.807, 2.05) is 12.1 Å². The van der Waals surface area contributed by atoms with E-state index >= 15 is 0 Å². The molecule has 1 aliphatic heterocycles. The van der Waals surface area contributed by atoms with Crippen LogP contribution in [0.4, 0.5) is 16.2 Å². The SMILES string of the molecule is O=C(Nc1ccc(I)cc1)NC1C=C(O)C(=O)Nc2ccccc21. The first-order chi connectivity index (χ1) is 11.5. The van der Waals surface area contributed by atoms with E-state index in [1.165, 1.54) is 6.08 Å². The molecular weight excluding hydrogens is 421 g/mol. The zero-order valence-corrected chi connectivity index (χ0v) is 14.6. The number of urea groups is 1. The zero-order valence-electron chi connectivity index (χ0n) is 12.4. The van der Waals surface area contributed by atoms with Crippen molar-refractivity contribution in [3.8, 4) is 0 Å². The van der Waals surface area contributed by atoms with Gasteiger partial charge in [0, 0.05) is 20.5 Å². The van der Waals surface area contributed by atoms with Gasteiger partial charge in [-0.15, -0.1) is 0 Å². The minimum absolute atomic E-state index is 0.436. The lowest BCUT2D eigenvalue weighted by Crippen LogP contribution is -2.31. The predicted molar refractivity (Wildman–Crippen MR) is 99.8 cm³/mol. The third kappa shape index (κ3) is 3.67. The number of anilines is 2. The molecule has 24 heavy (non-hydrogen) atoms. The Bertz CT molecular complexity index is 818. The Morgan fingerprint density at radius 2 is 1.83 bits per heavy atom. The van der Waals surface area contributed by atoms with Gasteiger partial charge in [0.2, 0.25) is 0 Å². The predicted octanol–water partition coefficient (Wildman–Crippen LogP) is 3.55. The molecule has 0 saturated carbocycles. The second-order valence-corrected chi connectivity index (χ2v) is 6.42. The minimum atomic E-state index is -0.635. The first-order valence-corrected chi connectivity index (χ1v) is 8.25. The Morgan fingerprint density at radius 1 is 1.12 bits per heavy atom. The molecule has 0 aliphatic carbocycles. The maximum absolute atomic E-state index is 12.2. The van der Waals surface area contributed by atoms with Crippen LogP contribution in [0.5, 0.6) is 0 Å². The van der Waals surface area contributed by atoms with Gasteiger partial charge >= 0.3 is 6.03 Å². The van der Waals surface area contributed by atoms with Gasteiger partial charge in [0.25, 0.3) is 5.91 Å². The van der Waals surface area contributed by atoms with Gasteiger partial charge in [-0.1, -0.05) is 18.2 Å². The molecule has 2 aromatic carbocycles. The van der Waals surface area contributed by atoms with E-state index in [9.17, 15) is 14.7 Å². The first-order valence-electron chi connectivity index (χ1n) is 7.17. The molecule has 6 nitrogen and oxygen atoms in total. The largest absolute Gasteiger partial charge is 0.503 e. The van der Waals surface area contributed by atoms with E-state index in [1.54, 1.807) is 36.4 Å². The van der Waals surface area contributed by atoms with Crippen LogP contribution >= 0.6 is 22.6 Å². The van der Waals surface area contributed by atoms with Gasteiger partial charge in [0.05, 0.1) is 6.04 Å². The summed E-state index contributed by atoms with van der Waals surface area (Å²) >= 11 is 2.18. The van der Waals surface area contributed by atoms with E-state index in [-0.39, 0.29) is 0 Å². The lowest BCUT2D eigenvalue weighted by atomic mass is 10.1. The fourth-order valence-electron chi connectivity index (χ4n) is 2.35. The number of carbonyl (C=O) groups excluding carboxylic acids is 2. The van der Waals surface area contributed by atoms with E-state index in [0.29, 0.717) is 16.9 Å². The second-order valence-electron chi connectivity index (χ2n) is 5.18. The normalized spacial score (nSPS) is 16.3. The van der Waals surface area contributed by atoms with Crippen molar-refractivity contribution < 1.29 is 14.7 Å². The second kappa shape index (κ2) is 6.91. The Kier molecular flexibility index (Phi) is 4.70.